The molecule has 4 heteroatoms. The van der Waals surface area contributed by atoms with E-state index in [0.29, 0.717) is 12.5 Å². The van der Waals surface area contributed by atoms with Gasteiger partial charge in [-0.15, -0.1) is 11.3 Å². The van der Waals surface area contributed by atoms with E-state index in [2.05, 4.69) is 53.3 Å². The number of rotatable bonds is 7. The maximum absolute atomic E-state index is 10.2. The van der Waals surface area contributed by atoms with Crippen molar-refractivity contribution >= 4 is 27.3 Å². The van der Waals surface area contributed by atoms with Gasteiger partial charge in [-0.1, -0.05) is 38.1 Å². The Labute approximate surface area is 139 Å². The number of nitrogens with one attached hydrogen (secondary N) is 1. The molecule has 2 rings (SSSR count). The van der Waals surface area contributed by atoms with Gasteiger partial charge in [0.2, 0.25) is 0 Å². The highest BCUT2D eigenvalue weighted by Crippen LogP contribution is 2.22. The van der Waals surface area contributed by atoms with Crippen molar-refractivity contribution in [3.05, 3.63) is 56.2 Å². The number of hydrogen-bond donors (Lipinski definition) is 2. The summed E-state index contributed by atoms with van der Waals surface area (Å²) in [6.45, 7) is 5.79. The Morgan fingerprint density at radius 2 is 1.86 bits per heavy atom. The van der Waals surface area contributed by atoms with Crippen molar-refractivity contribution in [2.75, 3.05) is 6.54 Å². The molecule has 0 radical (unpaired) electrons. The first-order valence-electron chi connectivity index (χ1n) is 7.26. The van der Waals surface area contributed by atoms with E-state index in [4.69, 9.17) is 0 Å². The van der Waals surface area contributed by atoms with Gasteiger partial charge in [0.15, 0.2) is 0 Å². The summed E-state index contributed by atoms with van der Waals surface area (Å²) in [4.78, 5) is 1.27. The molecule has 0 aliphatic rings. The van der Waals surface area contributed by atoms with Crippen LogP contribution in [0.2, 0.25) is 0 Å². The van der Waals surface area contributed by atoms with Crippen LogP contribution in [-0.2, 0) is 13.0 Å². The van der Waals surface area contributed by atoms with Gasteiger partial charge in [-0.25, -0.2) is 0 Å². The minimum absolute atomic E-state index is 0.457. The van der Waals surface area contributed by atoms with Gasteiger partial charge in [0.25, 0.3) is 0 Å². The third-order valence-electron chi connectivity index (χ3n) is 3.27. The molecule has 2 N–H and O–H groups in total. The monoisotopic (exact) mass is 367 g/mol. The van der Waals surface area contributed by atoms with Crippen LogP contribution >= 0.6 is 27.3 Å². The fourth-order valence-electron chi connectivity index (χ4n) is 2.24. The number of halogens is 1. The summed E-state index contributed by atoms with van der Waals surface area (Å²) in [5.74, 6) is 0.660. The van der Waals surface area contributed by atoms with Crippen LogP contribution in [0.5, 0.6) is 0 Å². The number of hydrogen-bond acceptors (Lipinski definition) is 3. The van der Waals surface area contributed by atoms with E-state index in [1.165, 1.54) is 10.4 Å². The molecule has 0 saturated carbocycles. The van der Waals surface area contributed by atoms with Crippen molar-refractivity contribution in [3.63, 3.8) is 0 Å². The van der Waals surface area contributed by atoms with E-state index in [9.17, 15) is 5.11 Å². The molecule has 1 aromatic carbocycles. The zero-order valence-electron chi connectivity index (χ0n) is 12.5. The number of aliphatic hydroxyl groups is 1. The molecule has 114 valence electrons. The lowest BCUT2D eigenvalue weighted by Gasteiger charge is -2.13. The SMILES string of the molecule is CC(C)Cc1ccc(C(O)CNCc2ccc(Br)s2)cc1. The average molecular weight is 368 g/mol. The average Bonchev–Trinajstić information content (AvgIpc) is 2.84. The number of benzene rings is 1. The topological polar surface area (TPSA) is 32.3 Å². The molecule has 21 heavy (non-hydrogen) atoms. The maximum atomic E-state index is 10.2. The molecule has 2 aromatic rings. The van der Waals surface area contributed by atoms with Gasteiger partial charge in [-0.05, 0) is 51.5 Å². The van der Waals surface area contributed by atoms with Crippen LogP contribution in [0.15, 0.2) is 40.2 Å². The first-order valence-corrected chi connectivity index (χ1v) is 8.87. The van der Waals surface area contributed by atoms with E-state index >= 15 is 0 Å². The fraction of sp³-hybridized carbons (Fsp3) is 0.412. The van der Waals surface area contributed by atoms with Crippen LogP contribution in [0.1, 0.15) is 36.0 Å². The highest BCUT2D eigenvalue weighted by molar-refractivity contribution is 9.11. The van der Waals surface area contributed by atoms with Crippen LogP contribution in [0.25, 0.3) is 0 Å². The lowest BCUT2D eigenvalue weighted by Crippen LogP contribution is -2.20. The molecule has 0 bridgehead atoms. The minimum Gasteiger partial charge on any atom is -0.387 e. The first-order chi connectivity index (χ1) is 10.0. The van der Waals surface area contributed by atoms with Crippen LogP contribution < -0.4 is 5.32 Å². The Bertz CT molecular complexity index is 550. The lowest BCUT2D eigenvalue weighted by molar-refractivity contribution is 0.174. The Morgan fingerprint density at radius 1 is 1.14 bits per heavy atom. The standard InChI is InChI=1S/C17H22BrNOS/c1-12(2)9-13-3-5-14(6-4-13)16(20)11-19-10-15-7-8-17(18)21-15/h3-8,12,16,19-20H,9-11H2,1-2H3. The molecule has 0 aliphatic heterocycles. The highest BCUT2D eigenvalue weighted by atomic mass is 79.9. The van der Waals surface area contributed by atoms with Crippen molar-refractivity contribution < 1.29 is 5.11 Å². The van der Waals surface area contributed by atoms with Crippen molar-refractivity contribution in [1.29, 1.82) is 0 Å². The second kappa shape index (κ2) is 8.08. The molecular formula is C17H22BrNOS. The summed E-state index contributed by atoms with van der Waals surface area (Å²) in [5.41, 5.74) is 2.31. The van der Waals surface area contributed by atoms with Gasteiger partial charge in [0.1, 0.15) is 0 Å². The van der Waals surface area contributed by atoms with E-state index in [0.717, 1.165) is 22.3 Å². The summed E-state index contributed by atoms with van der Waals surface area (Å²) >= 11 is 5.17. The van der Waals surface area contributed by atoms with E-state index in [-0.39, 0.29) is 0 Å². The fourth-order valence-corrected chi connectivity index (χ4v) is 3.70. The quantitative estimate of drug-likeness (QED) is 0.753. The van der Waals surface area contributed by atoms with Crippen molar-refractivity contribution in [1.82, 2.24) is 5.32 Å². The van der Waals surface area contributed by atoms with Crippen LogP contribution in [0.3, 0.4) is 0 Å². The Hall–Kier alpha value is -0.680. The van der Waals surface area contributed by atoms with E-state index < -0.39 is 6.10 Å². The normalized spacial score (nSPS) is 12.8. The Kier molecular flexibility index (Phi) is 6.42. The molecule has 0 spiro atoms. The number of thiophene rings is 1. The van der Waals surface area contributed by atoms with Crippen molar-refractivity contribution in [2.45, 2.75) is 32.9 Å². The van der Waals surface area contributed by atoms with Crippen LogP contribution in [0.4, 0.5) is 0 Å². The van der Waals surface area contributed by atoms with Crippen molar-refractivity contribution in [3.8, 4) is 0 Å². The van der Waals surface area contributed by atoms with Crippen LogP contribution in [-0.4, -0.2) is 11.7 Å². The summed E-state index contributed by atoms with van der Waals surface area (Å²) in [6, 6.07) is 12.4. The molecule has 1 unspecified atom stereocenters. The molecule has 1 aromatic heterocycles. The summed E-state index contributed by atoms with van der Waals surface area (Å²) in [6.07, 6.45) is 0.628. The van der Waals surface area contributed by atoms with Gasteiger partial charge >= 0.3 is 0 Å². The zero-order valence-corrected chi connectivity index (χ0v) is 14.9. The zero-order chi connectivity index (χ0) is 15.2. The third kappa shape index (κ3) is 5.55. The van der Waals surface area contributed by atoms with E-state index in [1.54, 1.807) is 11.3 Å². The molecule has 1 heterocycles. The predicted octanol–water partition coefficient (Wildman–Crippen LogP) is 4.53. The molecule has 0 aliphatic carbocycles. The molecule has 0 fully saturated rings. The van der Waals surface area contributed by atoms with Crippen LogP contribution in [0, 0.1) is 5.92 Å². The van der Waals surface area contributed by atoms with Gasteiger partial charge in [-0.2, -0.15) is 0 Å². The van der Waals surface area contributed by atoms with Gasteiger partial charge in [0, 0.05) is 18.0 Å². The molecule has 0 amide bonds. The first kappa shape index (κ1) is 16.7. The van der Waals surface area contributed by atoms with Gasteiger partial charge in [0.05, 0.1) is 9.89 Å². The smallest absolute Gasteiger partial charge is 0.0914 e. The summed E-state index contributed by atoms with van der Waals surface area (Å²) in [5, 5.41) is 13.5. The predicted molar refractivity (Wildman–Crippen MR) is 93.7 cm³/mol. The second-order valence-corrected chi connectivity index (χ2v) is 8.24. The second-order valence-electron chi connectivity index (χ2n) is 5.69. The summed E-state index contributed by atoms with van der Waals surface area (Å²) in [7, 11) is 0. The van der Waals surface area contributed by atoms with E-state index in [1.807, 2.05) is 18.2 Å². The molecule has 1 atom stereocenters. The minimum atomic E-state index is -0.457. The lowest BCUT2D eigenvalue weighted by atomic mass is 10.0. The molecule has 2 nitrogen and oxygen atoms in total. The van der Waals surface area contributed by atoms with Gasteiger partial charge in [-0.3, -0.25) is 0 Å². The Balaban J connectivity index is 1.81. The summed E-state index contributed by atoms with van der Waals surface area (Å²) < 4.78 is 1.14. The largest absolute Gasteiger partial charge is 0.387 e. The molecular weight excluding hydrogens is 346 g/mol. The molecule has 0 saturated heterocycles. The van der Waals surface area contributed by atoms with Gasteiger partial charge < -0.3 is 10.4 Å². The third-order valence-corrected chi connectivity index (χ3v) is 4.90. The number of aliphatic hydroxyl groups excluding tert-OH is 1. The van der Waals surface area contributed by atoms with Crippen molar-refractivity contribution in [2.24, 2.45) is 5.92 Å². The highest BCUT2D eigenvalue weighted by Gasteiger charge is 2.08. The maximum Gasteiger partial charge on any atom is 0.0914 e. The Morgan fingerprint density at radius 3 is 2.43 bits per heavy atom.